The van der Waals surface area contributed by atoms with E-state index in [0.717, 1.165) is 61.7 Å². The lowest BCUT2D eigenvalue weighted by Crippen LogP contribution is -2.30. The molecule has 0 amide bonds. The molecular weight excluding hydrogens is 460 g/mol. The van der Waals surface area contributed by atoms with Gasteiger partial charge in [-0.25, -0.2) is 9.97 Å². The SMILES string of the molecule is COc1cc2c(cc1OC)CN(Cc1cnc(NCC3CCCO3)n3nc(-c4ccco4)nc13)CC2. The topological polar surface area (TPSA) is 99.2 Å². The molecule has 5 heterocycles. The van der Waals surface area contributed by atoms with Gasteiger partial charge in [0.15, 0.2) is 22.9 Å². The number of benzene rings is 1. The highest BCUT2D eigenvalue weighted by Gasteiger charge is 2.23. The predicted octanol–water partition coefficient (Wildman–Crippen LogP) is 3.55. The van der Waals surface area contributed by atoms with E-state index < -0.39 is 0 Å². The van der Waals surface area contributed by atoms with Gasteiger partial charge in [0.1, 0.15) is 0 Å². The minimum Gasteiger partial charge on any atom is -0.493 e. The molecule has 10 heteroatoms. The van der Waals surface area contributed by atoms with E-state index in [1.807, 2.05) is 18.3 Å². The Hall–Kier alpha value is -3.63. The Morgan fingerprint density at radius 1 is 1.17 bits per heavy atom. The maximum Gasteiger partial charge on any atom is 0.226 e. The van der Waals surface area contributed by atoms with Gasteiger partial charge in [-0.3, -0.25) is 4.90 Å². The van der Waals surface area contributed by atoms with Crippen LogP contribution in [0.25, 0.3) is 17.2 Å². The van der Waals surface area contributed by atoms with Crippen molar-refractivity contribution in [2.75, 3.05) is 39.2 Å². The van der Waals surface area contributed by atoms with E-state index in [9.17, 15) is 0 Å². The third kappa shape index (κ3) is 4.38. The summed E-state index contributed by atoms with van der Waals surface area (Å²) in [5.74, 6) is 3.34. The first-order valence-corrected chi connectivity index (χ1v) is 12.3. The Morgan fingerprint density at radius 2 is 2.03 bits per heavy atom. The van der Waals surface area contributed by atoms with Crippen molar-refractivity contribution in [2.24, 2.45) is 0 Å². The highest BCUT2D eigenvalue weighted by Crippen LogP contribution is 2.34. The molecule has 188 valence electrons. The van der Waals surface area contributed by atoms with Crippen LogP contribution < -0.4 is 14.8 Å². The Kier molecular flexibility index (Phi) is 6.20. The molecule has 0 aliphatic carbocycles. The lowest BCUT2D eigenvalue weighted by molar-refractivity contribution is 0.120. The molecule has 2 aliphatic rings. The van der Waals surface area contributed by atoms with Gasteiger partial charge in [-0.2, -0.15) is 4.52 Å². The van der Waals surface area contributed by atoms with Crippen LogP contribution >= 0.6 is 0 Å². The fraction of sp³-hybridized carbons (Fsp3) is 0.423. The molecule has 0 spiro atoms. The summed E-state index contributed by atoms with van der Waals surface area (Å²) < 4.78 is 24.1. The van der Waals surface area contributed by atoms with Gasteiger partial charge in [0.25, 0.3) is 0 Å². The average molecular weight is 491 g/mol. The second-order valence-corrected chi connectivity index (χ2v) is 9.21. The number of aromatic nitrogens is 4. The van der Waals surface area contributed by atoms with Crippen molar-refractivity contribution in [3.63, 3.8) is 0 Å². The van der Waals surface area contributed by atoms with Gasteiger partial charge >= 0.3 is 0 Å². The molecular formula is C26H30N6O4. The van der Waals surface area contributed by atoms with Gasteiger partial charge < -0.3 is 23.9 Å². The second kappa shape index (κ2) is 9.79. The maximum absolute atomic E-state index is 5.76. The van der Waals surface area contributed by atoms with Gasteiger partial charge in [-0.15, -0.1) is 5.10 Å². The summed E-state index contributed by atoms with van der Waals surface area (Å²) in [6, 6.07) is 7.88. The van der Waals surface area contributed by atoms with Gasteiger partial charge in [0.2, 0.25) is 11.8 Å². The first kappa shape index (κ1) is 22.8. The van der Waals surface area contributed by atoms with Crippen molar-refractivity contribution >= 4 is 11.6 Å². The summed E-state index contributed by atoms with van der Waals surface area (Å²) in [4.78, 5) is 12.0. The minimum atomic E-state index is 0.193. The summed E-state index contributed by atoms with van der Waals surface area (Å²) >= 11 is 0. The van der Waals surface area contributed by atoms with Gasteiger partial charge in [0, 0.05) is 44.5 Å². The predicted molar refractivity (Wildman–Crippen MR) is 133 cm³/mol. The van der Waals surface area contributed by atoms with Crippen molar-refractivity contribution in [3.8, 4) is 23.1 Å². The first-order chi connectivity index (χ1) is 17.7. The molecule has 1 atom stereocenters. The summed E-state index contributed by atoms with van der Waals surface area (Å²) in [5.41, 5.74) is 4.31. The number of furan rings is 1. The van der Waals surface area contributed by atoms with Crippen LogP contribution in [0.3, 0.4) is 0 Å². The number of hydrogen-bond donors (Lipinski definition) is 1. The molecule has 1 N–H and O–H groups in total. The molecule has 6 rings (SSSR count). The fourth-order valence-electron chi connectivity index (χ4n) is 4.99. The van der Waals surface area contributed by atoms with Crippen molar-refractivity contribution in [3.05, 3.63) is 53.4 Å². The van der Waals surface area contributed by atoms with Crippen LogP contribution in [-0.2, 0) is 24.2 Å². The molecule has 1 saturated heterocycles. The number of hydrogen-bond acceptors (Lipinski definition) is 9. The van der Waals surface area contributed by atoms with E-state index in [2.05, 4.69) is 22.3 Å². The van der Waals surface area contributed by atoms with Gasteiger partial charge in [-0.1, -0.05) is 0 Å². The first-order valence-electron chi connectivity index (χ1n) is 12.3. The maximum atomic E-state index is 5.76. The number of nitrogens with zero attached hydrogens (tertiary/aromatic N) is 5. The molecule has 1 fully saturated rings. The lowest BCUT2D eigenvalue weighted by Gasteiger charge is -2.29. The molecule has 0 radical (unpaired) electrons. The van der Waals surface area contributed by atoms with E-state index in [0.29, 0.717) is 30.6 Å². The smallest absolute Gasteiger partial charge is 0.226 e. The Bertz CT molecular complexity index is 1350. The Balaban J connectivity index is 1.28. The Labute approximate surface area is 209 Å². The van der Waals surface area contributed by atoms with E-state index in [-0.39, 0.29) is 6.10 Å². The summed E-state index contributed by atoms with van der Waals surface area (Å²) in [6.45, 7) is 3.93. The van der Waals surface area contributed by atoms with Crippen LogP contribution in [0.15, 0.2) is 41.1 Å². The zero-order valence-electron chi connectivity index (χ0n) is 20.6. The third-order valence-corrected chi connectivity index (χ3v) is 6.88. The number of methoxy groups -OCH3 is 2. The van der Waals surface area contributed by atoms with Crippen LogP contribution in [0, 0.1) is 0 Å². The van der Waals surface area contributed by atoms with Crippen LogP contribution in [0.1, 0.15) is 29.5 Å². The molecule has 1 unspecified atom stereocenters. The molecule has 0 saturated carbocycles. The molecule has 3 aromatic heterocycles. The van der Waals surface area contributed by atoms with E-state index in [4.69, 9.17) is 33.7 Å². The number of fused-ring (bicyclic) bond motifs is 2. The molecule has 4 aromatic rings. The minimum absolute atomic E-state index is 0.193. The van der Waals surface area contributed by atoms with Crippen LogP contribution in [0.2, 0.25) is 0 Å². The van der Waals surface area contributed by atoms with E-state index in [1.165, 1.54) is 11.1 Å². The Morgan fingerprint density at radius 3 is 2.78 bits per heavy atom. The highest BCUT2D eigenvalue weighted by atomic mass is 16.5. The lowest BCUT2D eigenvalue weighted by atomic mass is 9.98. The largest absolute Gasteiger partial charge is 0.493 e. The van der Waals surface area contributed by atoms with Crippen LogP contribution in [0.4, 0.5) is 5.95 Å². The number of rotatable bonds is 8. The van der Waals surface area contributed by atoms with Crippen molar-refractivity contribution < 1.29 is 18.6 Å². The average Bonchev–Trinajstić information content (AvgIpc) is 3.69. The zero-order chi connectivity index (χ0) is 24.5. The van der Waals surface area contributed by atoms with Gasteiger partial charge in [0.05, 0.1) is 26.6 Å². The molecule has 10 nitrogen and oxygen atoms in total. The van der Waals surface area contributed by atoms with Crippen molar-refractivity contribution in [1.82, 2.24) is 24.5 Å². The molecule has 36 heavy (non-hydrogen) atoms. The van der Waals surface area contributed by atoms with Crippen LogP contribution in [0.5, 0.6) is 11.5 Å². The standard InChI is InChI=1S/C26H30N6O4/c1-33-22-11-17-7-8-31(15-18(17)12-23(22)34-2)16-19-13-27-26(28-14-20-5-3-9-35-20)32-25(19)29-24(30-32)21-6-4-10-36-21/h4,6,10-13,20H,3,5,7-9,14-16H2,1-2H3,(H,27,28). The summed E-state index contributed by atoms with van der Waals surface area (Å²) in [6.07, 6.45) is 6.81. The van der Waals surface area contributed by atoms with E-state index >= 15 is 0 Å². The number of ether oxygens (including phenoxy) is 3. The summed E-state index contributed by atoms with van der Waals surface area (Å²) in [7, 11) is 3.34. The highest BCUT2D eigenvalue weighted by molar-refractivity contribution is 5.58. The fourth-order valence-corrected chi connectivity index (χ4v) is 4.99. The van der Waals surface area contributed by atoms with Crippen molar-refractivity contribution in [1.29, 1.82) is 0 Å². The second-order valence-electron chi connectivity index (χ2n) is 9.21. The monoisotopic (exact) mass is 490 g/mol. The molecule has 2 aliphatic heterocycles. The van der Waals surface area contributed by atoms with Crippen LogP contribution in [-0.4, -0.2) is 64.5 Å². The molecule has 1 aromatic carbocycles. The number of anilines is 1. The molecule has 0 bridgehead atoms. The van der Waals surface area contributed by atoms with Gasteiger partial charge in [-0.05, 0) is 54.7 Å². The van der Waals surface area contributed by atoms with Crippen molar-refractivity contribution in [2.45, 2.75) is 38.5 Å². The third-order valence-electron chi connectivity index (χ3n) is 6.88. The zero-order valence-corrected chi connectivity index (χ0v) is 20.6. The number of nitrogens with one attached hydrogen (secondary N) is 1. The normalized spacial score (nSPS) is 17.9. The van der Waals surface area contributed by atoms with E-state index in [1.54, 1.807) is 25.0 Å². The quantitative estimate of drug-likeness (QED) is 0.397. The summed E-state index contributed by atoms with van der Waals surface area (Å²) in [5, 5.41) is 8.14.